The van der Waals surface area contributed by atoms with Crippen molar-refractivity contribution >= 4 is 17.5 Å². The molecule has 1 aliphatic heterocycles. The van der Waals surface area contributed by atoms with Gasteiger partial charge in [-0.3, -0.25) is 9.59 Å². The summed E-state index contributed by atoms with van der Waals surface area (Å²) in [5.41, 5.74) is -0.466. The zero-order valence-corrected chi connectivity index (χ0v) is 17.5. The molecule has 2 amide bonds. The highest BCUT2D eigenvalue weighted by molar-refractivity contribution is 6.11. The number of benzene rings is 2. The van der Waals surface area contributed by atoms with Gasteiger partial charge in [0.25, 0.3) is 11.8 Å². The first-order valence-corrected chi connectivity index (χ1v) is 10.1. The van der Waals surface area contributed by atoms with Crippen LogP contribution in [-0.4, -0.2) is 40.6 Å². The topological polar surface area (TPSA) is 78.9 Å². The fourth-order valence-corrected chi connectivity index (χ4v) is 4.44. The van der Waals surface area contributed by atoms with E-state index in [1.165, 1.54) is 19.2 Å². The number of carbonyl (C=O) groups excluding carboxylic acids is 2. The highest BCUT2D eigenvalue weighted by atomic mass is 19.2. The number of nitrogens with zero attached hydrogens (tertiary/aromatic N) is 1. The Morgan fingerprint density at radius 3 is 2.58 bits per heavy atom. The lowest BCUT2D eigenvalue weighted by atomic mass is 9.93. The highest BCUT2D eigenvalue weighted by Crippen LogP contribution is 2.43. The van der Waals surface area contributed by atoms with Crippen LogP contribution in [0, 0.1) is 17.6 Å². The molecule has 31 heavy (non-hydrogen) atoms. The number of hydrogen-bond acceptors (Lipinski definition) is 4. The van der Waals surface area contributed by atoms with Gasteiger partial charge < -0.3 is 20.1 Å². The summed E-state index contributed by atoms with van der Waals surface area (Å²) in [5, 5.41) is 13.2. The Kier molecular flexibility index (Phi) is 5.21. The van der Waals surface area contributed by atoms with Crippen LogP contribution >= 0.6 is 0 Å². The van der Waals surface area contributed by atoms with E-state index >= 15 is 0 Å². The van der Waals surface area contributed by atoms with Crippen LogP contribution in [0.4, 0.5) is 14.5 Å². The largest absolute Gasteiger partial charge is 0.496 e. The molecule has 0 radical (unpaired) electrons. The second-order valence-corrected chi connectivity index (χ2v) is 8.60. The Bertz CT molecular complexity index is 1060. The molecule has 2 aromatic carbocycles. The maximum atomic E-state index is 14.3. The first-order chi connectivity index (χ1) is 14.6. The second kappa shape index (κ2) is 7.60. The summed E-state index contributed by atoms with van der Waals surface area (Å²) >= 11 is 0. The molecular weight excluding hydrogens is 406 g/mol. The number of aliphatic hydroxyl groups is 1. The zero-order valence-electron chi connectivity index (χ0n) is 17.5. The van der Waals surface area contributed by atoms with Gasteiger partial charge in [-0.1, -0.05) is 12.1 Å². The summed E-state index contributed by atoms with van der Waals surface area (Å²) < 4.78 is 33.0. The molecule has 6 nitrogen and oxygen atoms in total. The first kappa shape index (κ1) is 21.2. The molecule has 8 heteroatoms. The molecule has 1 aliphatic carbocycles. The molecule has 1 fully saturated rings. The van der Waals surface area contributed by atoms with Crippen LogP contribution in [0.25, 0.3) is 0 Å². The van der Waals surface area contributed by atoms with Crippen LogP contribution in [0.5, 0.6) is 5.75 Å². The molecule has 0 bridgehead atoms. The van der Waals surface area contributed by atoms with Crippen molar-refractivity contribution in [2.24, 2.45) is 5.92 Å². The number of halogens is 2. The van der Waals surface area contributed by atoms with Crippen molar-refractivity contribution in [3.63, 3.8) is 0 Å². The normalized spacial score (nSPS) is 16.8. The average molecular weight is 430 g/mol. The fraction of sp³-hybridized carbons (Fsp3) is 0.391. The standard InChI is InChI=1S/C23H24F2N2O4/c1-23(2,30)20(12-7-8-12)27-11-13-5-4-6-15(17(13)22(27)29)26-21(28)18-16(31-3)10-9-14(24)19(18)25/h4-6,9-10,12,20,30H,7-8,11H2,1-3H3,(H,26,28)/t20-/m1/s1. The molecular formula is C23H24F2N2O4. The number of rotatable bonds is 6. The lowest BCUT2D eigenvalue weighted by molar-refractivity contribution is -0.0224. The number of anilines is 1. The van der Waals surface area contributed by atoms with Crippen molar-refractivity contribution in [1.82, 2.24) is 4.90 Å². The van der Waals surface area contributed by atoms with E-state index < -0.39 is 28.7 Å². The maximum Gasteiger partial charge on any atom is 0.262 e. The minimum Gasteiger partial charge on any atom is -0.496 e. The molecule has 1 saturated carbocycles. The van der Waals surface area contributed by atoms with E-state index in [1.807, 2.05) is 0 Å². The second-order valence-electron chi connectivity index (χ2n) is 8.60. The number of amides is 2. The molecule has 0 spiro atoms. The van der Waals surface area contributed by atoms with E-state index in [0.29, 0.717) is 17.7 Å². The fourth-order valence-electron chi connectivity index (χ4n) is 4.44. The quantitative estimate of drug-likeness (QED) is 0.732. The first-order valence-electron chi connectivity index (χ1n) is 10.1. The van der Waals surface area contributed by atoms with Gasteiger partial charge in [-0.05, 0) is 56.4 Å². The molecule has 2 N–H and O–H groups in total. The van der Waals surface area contributed by atoms with Crippen molar-refractivity contribution in [2.75, 3.05) is 12.4 Å². The predicted molar refractivity (Wildman–Crippen MR) is 110 cm³/mol. The monoisotopic (exact) mass is 430 g/mol. The summed E-state index contributed by atoms with van der Waals surface area (Å²) in [5.74, 6) is -3.63. The van der Waals surface area contributed by atoms with E-state index in [0.717, 1.165) is 18.9 Å². The molecule has 164 valence electrons. The van der Waals surface area contributed by atoms with Crippen LogP contribution in [0.15, 0.2) is 30.3 Å². The lowest BCUT2D eigenvalue weighted by Crippen LogP contribution is -2.51. The van der Waals surface area contributed by atoms with Gasteiger partial charge in [-0.2, -0.15) is 0 Å². The number of ether oxygens (including phenoxy) is 1. The summed E-state index contributed by atoms with van der Waals surface area (Å²) in [6.45, 7) is 3.68. The van der Waals surface area contributed by atoms with Crippen molar-refractivity contribution in [3.05, 3.63) is 58.7 Å². The van der Waals surface area contributed by atoms with Gasteiger partial charge >= 0.3 is 0 Å². The Morgan fingerprint density at radius 1 is 1.26 bits per heavy atom. The summed E-state index contributed by atoms with van der Waals surface area (Å²) in [7, 11) is 1.25. The zero-order chi connectivity index (χ0) is 22.5. The maximum absolute atomic E-state index is 14.3. The smallest absolute Gasteiger partial charge is 0.262 e. The van der Waals surface area contributed by atoms with E-state index in [1.54, 1.807) is 30.9 Å². The Morgan fingerprint density at radius 2 is 1.97 bits per heavy atom. The third kappa shape index (κ3) is 3.76. The van der Waals surface area contributed by atoms with E-state index in [-0.39, 0.29) is 29.3 Å². The number of carbonyl (C=O) groups is 2. The van der Waals surface area contributed by atoms with E-state index in [2.05, 4.69) is 5.32 Å². The van der Waals surface area contributed by atoms with E-state index in [4.69, 9.17) is 4.74 Å². The summed E-state index contributed by atoms with van der Waals surface area (Å²) in [6.07, 6.45) is 1.88. The van der Waals surface area contributed by atoms with Crippen molar-refractivity contribution in [2.45, 2.75) is 44.9 Å². The van der Waals surface area contributed by atoms with Crippen molar-refractivity contribution in [3.8, 4) is 5.75 Å². The Balaban J connectivity index is 1.67. The van der Waals surface area contributed by atoms with E-state index in [9.17, 15) is 23.5 Å². The molecule has 4 rings (SSSR count). The minimum absolute atomic E-state index is 0.118. The van der Waals surface area contributed by atoms with Gasteiger partial charge in [-0.25, -0.2) is 8.78 Å². The van der Waals surface area contributed by atoms with Gasteiger partial charge in [0, 0.05) is 6.54 Å². The molecule has 0 unspecified atom stereocenters. The molecule has 2 aromatic rings. The number of methoxy groups -OCH3 is 1. The summed E-state index contributed by atoms with van der Waals surface area (Å²) in [6, 6.07) is 6.69. The highest BCUT2D eigenvalue weighted by Gasteiger charge is 2.48. The van der Waals surface area contributed by atoms with Gasteiger partial charge in [0.05, 0.1) is 30.0 Å². The third-order valence-electron chi connectivity index (χ3n) is 5.85. The Labute approximate surface area is 178 Å². The molecule has 1 atom stereocenters. The van der Waals surface area contributed by atoms with Crippen molar-refractivity contribution < 1.29 is 28.2 Å². The summed E-state index contributed by atoms with van der Waals surface area (Å²) in [4.78, 5) is 27.7. The van der Waals surface area contributed by atoms with Crippen LogP contribution in [0.3, 0.4) is 0 Å². The average Bonchev–Trinajstić information content (AvgIpc) is 3.47. The van der Waals surface area contributed by atoms with Gasteiger partial charge in [0.15, 0.2) is 11.6 Å². The number of fused-ring (bicyclic) bond motifs is 1. The van der Waals surface area contributed by atoms with Gasteiger partial charge in [0.1, 0.15) is 11.3 Å². The molecule has 2 aliphatic rings. The van der Waals surface area contributed by atoms with Crippen molar-refractivity contribution in [1.29, 1.82) is 0 Å². The molecule has 0 aromatic heterocycles. The number of hydrogen-bond donors (Lipinski definition) is 2. The van der Waals surface area contributed by atoms with Crippen LogP contribution in [0.1, 0.15) is 53.0 Å². The van der Waals surface area contributed by atoms with Crippen LogP contribution < -0.4 is 10.1 Å². The lowest BCUT2D eigenvalue weighted by Gasteiger charge is -2.37. The van der Waals surface area contributed by atoms with Gasteiger partial charge in [0.2, 0.25) is 0 Å². The SMILES string of the molecule is COc1ccc(F)c(F)c1C(=O)Nc1cccc2c1C(=O)N([C@H](C1CC1)C(C)(C)O)C2. The third-order valence-corrected chi connectivity index (χ3v) is 5.85. The predicted octanol–water partition coefficient (Wildman–Crippen LogP) is 3.73. The minimum atomic E-state index is -1.33. The molecule has 1 heterocycles. The van der Waals surface area contributed by atoms with Crippen LogP contribution in [0.2, 0.25) is 0 Å². The number of nitrogens with one attached hydrogen (secondary N) is 1. The van der Waals surface area contributed by atoms with Gasteiger partial charge in [-0.15, -0.1) is 0 Å². The van der Waals surface area contributed by atoms with Crippen LogP contribution in [-0.2, 0) is 6.54 Å². The molecule has 0 saturated heterocycles. The Hall–Kier alpha value is -3.00.